The van der Waals surface area contributed by atoms with Crippen LogP contribution >= 0.6 is 0 Å². The maximum Gasteiger partial charge on any atom is 0.417 e. The average molecular weight is 405 g/mol. The Morgan fingerprint density at radius 3 is 2.61 bits per heavy atom. The predicted octanol–water partition coefficient (Wildman–Crippen LogP) is 2.23. The number of nitrogens with zero attached hydrogens (tertiary/aromatic N) is 1. The highest BCUT2D eigenvalue weighted by atomic mass is 32.2. The van der Waals surface area contributed by atoms with E-state index in [4.69, 9.17) is 13.9 Å². The maximum atomic E-state index is 12.4. The highest BCUT2D eigenvalue weighted by Gasteiger charge is 2.15. The average Bonchev–Trinajstić information content (AvgIpc) is 3.03. The molecule has 1 aromatic heterocycles. The molecule has 0 spiro atoms. The van der Waals surface area contributed by atoms with Crippen LogP contribution in [0, 0.1) is 0 Å². The quantitative estimate of drug-likeness (QED) is 0.438. The molecule has 0 saturated carbocycles. The number of hydrogen-bond acceptors (Lipinski definition) is 7. The lowest BCUT2D eigenvalue weighted by atomic mass is 10.2. The number of aromatic nitrogens is 1. The number of hydrogen-bond donors (Lipinski definition) is 2. The van der Waals surface area contributed by atoms with E-state index < -0.39 is 15.8 Å². The topological polar surface area (TPSA) is 123 Å². The summed E-state index contributed by atoms with van der Waals surface area (Å²) >= 11 is 0. The fourth-order valence-corrected chi connectivity index (χ4v) is 3.27. The minimum Gasteiger partial charge on any atom is -0.490 e. The van der Waals surface area contributed by atoms with Gasteiger partial charge in [0.2, 0.25) is 0 Å². The van der Waals surface area contributed by atoms with Gasteiger partial charge in [-0.25, -0.2) is 9.63 Å². The number of nitrogens with one attached hydrogen (secondary N) is 2. The van der Waals surface area contributed by atoms with E-state index in [1.165, 1.54) is 24.4 Å². The van der Waals surface area contributed by atoms with Gasteiger partial charge in [0.15, 0.2) is 17.1 Å². The molecule has 0 aliphatic carbocycles. The largest absolute Gasteiger partial charge is 0.490 e. The summed E-state index contributed by atoms with van der Waals surface area (Å²) in [5.41, 5.74) is 1.18. The third-order valence-electron chi connectivity index (χ3n) is 3.66. The monoisotopic (exact) mass is 405 g/mol. The van der Waals surface area contributed by atoms with Gasteiger partial charge in [0.25, 0.3) is 10.0 Å². The van der Waals surface area contributed by atoms with Gasteiger partial charge in [-0.1, -0.05) is 0 Å². The summed E-state index contributed by atoms with van der Waals surface area (Å²) in [5.74, 6) is 0.489. The Kier molecular flexibility index (Phi) is 5.69. The van der Waals surface area contributed by atoms with Gasteiger partial charge in [-0.05, 0) is 49.7 Å². The molecule has 2 aromatic carbocycles. The number of rotatable bonds is 8. The third kappa shape index (κ3) is 4.34. The SMILES string of the molecule is CCOc1ccc(/C=N/NS(=O)(=O)c2ccc3[nH]c(=O)oc3c2)cc1OCC. The van der Waals surface area contributed by atoms with Crippen LogP contribution in [-0.2, 0) is 10.0 Å². The van der Waals surface area contributed by atoms with Crippen molar-refractivity contribution in [1.82, 2.24) is 9.82 Å². The van der Waals surface area contributed by atoms with Gasteiger partial charge >= 0.3 is 5.76 Å². The van der Waals surface area contributed by atoms with Gasteiger partial charge in [0.05, 0.1) is 29.8 Å². The number of aromatic amines is 1. The van der Waals surface area contributed by atoms with Crippen LogP contribution in [0.2, 0.25) is 0 Å². The Hall–Kier alpha value is -3.27. The lowest BCUT2D eigenvalue weighted by Crippen LogP contribution is -2.18. The number of sulfonamides is 1. The lowest BCUT2D eigenvalue weighted by Gasteiger charge is -2.11. The molecule has 10 heteroatoms. The van der Waals surface area contributed by atoms with Crippen LogP contribution in [0.1, 0.15) is 19.4 Å². The minimum absolute atomic E-state index is 0.0819. The van der Waals surface area contributed by atoms with Crippen molar-refractivity contribution in [2.24, 2.45) is 5.10 Å². The van der Waals surface area contributed by atoms with E-state index in [1.807, 2.05) is 13.8 Å². The number of fused-ring (bicyclic) bond motifs is 1. The van der Waals surface area contributed by atoms with Crippen molar-refractivity contribution in [3.63, 3.8) is 0 Å². The Bertz CT molecular complexity index is 1160. The second kappa shape index (κ2) is 8.17. The predicted molar refractivity (Wildman–Crippen MR) is 104 cm³/mol. The molecule has 3 aromatic rings. The zero-order chi connectivity index (χ0) is 20.1. The van der Waals surface area contributed by atoms with Crippen molar-refractivity contribution in [2.45, 2.75) is 18.7 Å². The van der Waals surface area contributed by atoms with Gasteiger partial charge in [-0.15, -0.1) is 0 Å². The van der Waals surface area contributed by atoms with Crippen molar-refractivity contribution in [1.29, 1.82) is 0 Å². The van der Waals surface area contributed by atoms with E-state index in [2.05, 4.69) is 14.9 Å². The van der Waals surface area contributed by atoms with Crippen molar-refractivity contribution in [3.05, 3.63) is 52.5 Å². The first-order valence-corrected chi connectivity index (χ1v) is 9.98. The fraction of sp³-hybridized carbons (Fsp3) is 0.222. The van der Waals surface area contributed by atoms with Crippen molar-refractivity contribution >= 4 is 27.3 Å². The van der Waals surface area contributed by atoms with Gasteiger partial charge < -0.3 is 13.9 Å². The molecule has 0 aliphatic rings. The van der Waals surface area contributed by atoms with Crippen LogP contribution in [0.5, 0.6) is 11.5 Å². The first kappa shape index (κ1) is 19.5. The number of hydrazone groups is 1. The standard InChI is InChI=1S/C18H19N3O6S/c1-3-25-15-8-5-12(9-17(15)26-4-2)11-19-21-28(23,24)13-6-7-14-16(10-13)27-18(22)20-14/h5-11,21H,3-4H2,1-2H3,(H,20,22)/b19-11+. The normalized spacial score (nSPS) is 11.8. The number of benzene rings is 2. The molecular formula is C18H19N3O6S. The molecule has 0 aliphatic heterocycles. The van der Waals surface area contributed by atoms with Crippen LogP contribution in [0.15, 0.2) is 55.6 Å². The first-order valence-electron chi connectivity index (χ1n) is 8.50. The first-order chi connectivity index (χ1) is 13.4. The second-order valence-electron chi connectivity index (χ2n) is 5.60. The highest BCUT2D eigenvalue weighted by Crippen LogP contribution is 2.28. The molecule has 0 saturated heterocycles. The molecule has 0 fully saturated rings. The fourth-order valence-electron chi connectivity index (χ4n) is 2.46. The smallest absolute Gasteiger partial charge is 0.417 e. The Labute approximate surface area is 161 Å². The highest BCUT2D eigenvalue weighted by molar-refractivity contribution is 7.89. The molecule has 9 nitrogen and oxygen atoms in total. The Balaban J connectivity index is 1.78. The molecule has 0 bridgehead atoms. The second-order valence-corrected chi connectivity index (χ2v) is 7.26. The molecule has 0 amide bonds. The summed E-state index contributed by atoms with van der Waals surface area (Å²) in [6.45, 7) is 4.69. The molecule has 0 atom stereocenters. The van der Waals surface area contributed by atoms with E-state index in [0.29, 0.717) is 35.8 Å². The molecule has 2 N–H and O–H groups in total. The Morgan fingerprint density at radius 1 is 1.11 bits per heavy atom. The summed E-state index contributed by atoms with van der Waals surface area (Å²) in [7, 11) is -3.93. The molecule has 148 valence electrons. The summed E-state index contributed by atoms with van der Waals surface area (Å²) < 4.78 is 40.6. The Morgan fingerprint density at radius 2 is 1.86 bits per heavy atom. The van der Waals surface area contributed by atoms with Gasteiger partial charge in [-0.3, -0.25) is 4.98 Å². The van der Waals surface area contributed by atoms with Crippen molar-refractivity contribution in [2.75, 3.05) is 13.2 Å². The van der Waals surface area contributed by atoms with Gasteiger partial charge in [0.1, 0.15) is 0 Å². The van der Waals surface area contributed by atoms with Crippen molar-refractivity contribution < 1.29 is 22.3 Å². The lowest BCUT2D eigenvalue weighted by molar-refractivity contribution is 0.288. The summed E-state index contributed by atoms with van der Waals surface area (Å²) in [4.78, 5) is 15.7. The number of H-pyrrole nitrogens is 1. The molecule has 3 rings (SSSR count). The number of ether oxygens (including phenoxy) is 2. The third-order valence-corrected chi connectivity index (χ3v) is 4.88. The summed E-state index contributed by atoms with van der Waals surface area (Å²) in [6.07, 6.45) is 1.35. The van der Waals surface area contributed by atoms with Gasteiger partial charge in [-0.2, -0.15) is 13.5 Å². The van der Waals surface area contributed by atoms with Crippen LogP contribution in [0.3, 0.4) is 0 Å². The van der Waals surface area contributed by atoms with E-state index >= 15 is 0 Å². The zero-order valence-corrected chi connectivity index (χ0v) is 16.1. The zero-order valence-electron chi connectivity index (χ0n) is 15.3. The molecular weight excluding hydrogens is 386 g/mol. The van der Waals surface area contributed by atoms with Crippen LogP contribution < -0.4 is 20.1 Å². The van der Waals surface area contributed by atoms with E-state index in [-0.39, 0.29) is 10.5 Å². The van der Waals surface area contributed by atoms with Gasteiger partial charge in [0, 0.05) is 6.07 Å². The van der Waals surface area contributed by atoms with Crippen LogP contribution in [0.4, 0.5) is 0 Å². The summed E-state index contributed by atoms with van der Waals surface area (Å²) in [5, 5.41) is 3.79. The maximum absolute atomic E-state index is 12.4. The van der Waals surface area contributed by atoms with Crippen LogP contribution in [0.25, 0.3) is 11.1 Å². The van der Waals surface area contributed by atoms with E-state index in [9.17, 15) is 13.2 Å². The van der Waals surface area contributed by atoms with E-state index in [1.54, 1.807) is 18.2 Å². The minimum atomic E-state index is -3.93. The number of oxazole rings is 1. The summed E-state index contributed by atoms with van der Waals surface area (Å²) in [6, 6.07) is 9.19. The molecule has 28 heavy (non-hydrogen) atoms. The van der Waals surface area contributed by atoms with E-state index in [0.717, 1.165) is 0 Å². The molecule has 1 heterocycles. The van der Waals surface area contributed by atoms with Crippen molar-refractivity contribution in [3.8, 4) is 11.5 Å². The van der Waals surface area contributed by atoms with Crippen LogP contribution in [-0.4, -0.2) is 32.8 Å². The molecule has 0 unspecified atom stereocenters. The molecule has 0 radical (unpaired) electrons.